The van der Waals surface area contributed by atoms with Gasteiger partial charge in [0.2, 0.25) is 0 Å². The second-order valence-electron chi connectivity index (χ2n) is 11.2. The number of rotatable bonds is 9. The quantitative estimate of drug-likeness (QED) is 0.270. The third-order valence-electron chi connectivity index (χ3n) is 8.86. The Bertz CT molecular complexity index is 1200. The van der Waals surface area contributed by atoms with Gasteiger partial charge in [0.05, 0.1) is 24.7 Å². The molecular formula is C30H36O9. The third kappa shape index (κ3) is 4.82. The molecule has 9 heteroatoms. The van der Waals surface area contributed by atoms with Crippen molar-refractivity contribution >= 4 is 11.8 Å². The Morgan fingerprint density at radius 2 is 1.85 bits per heavy atom. The van der Waals surface area contributed by atoms with Gasteiger partial charge in [0, 0.05) is 43.5 Å². The number of furan rings is 1. The number of benzene rings is 1. The summed E-state index contributed by atoms with van der Waals surface area (Å²) in [7, 11) is 3.11. The van der Waals surface area contributed by atoms with Crippen LogP contribution in [0.3, 0.4) is 0 Å². The lowest BCUT2D eigenvalue weighted by molar-refractivity contribution is -0.222. The van der Waals surface area contributed by atoms with Crippen molar-refractivity contribution in [2.75, 3.05) is 21.0 Å². The molecule has 1 saturated carbocycles. The molecule has 0 spiro atoms. The zero-order valence-corrected chi connectivity index (χ0v) is 22.8. The molecule has 3 aliphatic rings. The molecule has 2 heterocycles. The highest BCUT2D eigenvalue weighted by Gasteiger charge is 2.66. The molecule has 1 aromatic heterocycles. The van der Waals surface area contributed by atoms with Crippen molar-refractivity contribution in [3.05, 3.63) is 71.4 Å². The van der Waals surface area contributed by atoms with Gasteiger partial charge in [-0.3, -0.25) is 4.79 Å². The number of fused-ring (bicyclic) bond motifs is 3. The Morgan fingerprint density at radius 3 is 2.51 bits per heavy atom. The second kappa shape index (κ2) is 10.9. The van der Waals surface area contributed by atoms with Crippen LogP contribution in [0.1, 0.15) is 50.3 Å². The molecule has 210 valence electrons. The van der Waals surface area contributed by atoms with Crippen molar-refractivity contribution in [3.8, 4) is 0 Å². The van der Waals surface area contributed by atoms with Crippen LogP contribution >= 0.6 is 0 Å². The summed E-state index contributed by atoms with van der Waals surface area (Å²) >= 11 is 0. The molecule has 0 amide bonds. The van der Waals surface area contributed by atoms with Crippen LogP contribution in [0.15, 0.2) is 64.7 Å². The molecule has 1 aliphatic heterocycles. The monoisotopic (exact) mass is 540 g/mol. The average molecular weight is 541 g/mol. The molecular weight excluding hydrogens is 504 g/mol. The SMILES string of the molecule is COC(OC)[C@@H]1C[C@H](OCOCc2ccccc2)C(=O)[C@H]2[C@@]1(C)CC(O)=C1C(=O)O[C@H](c3ccoc3)C[C@@]12C. The third-order valence-corrected chi connectivity index (χ3v) is 8.86. The van der Waals surface area contributed by atoms with E-state index in [-0.39, 0.29) is 36.2 Å². The highest BCUT2D eigenvalue weighted by atomic mass is 16.7. The van der Waals surface area contributed by atoms with Gasteiger partial charge in [0.15, 0.2) is 12.1 Å². The van der Waals surface area contributed by atoms with Crippen molar-refractivity contribution in [1.29, 1.82) is 0 Å². The lowest BCUT2D eigenvalue weighted by Crippen LogP contribution is -2.63. The van der Waals surface area contributed by atoms with Crippen molar-refractivity contribution < 1.29 is 42.8 Å². The number of ketones is 1. The number of hydrogen-bond donors (Lipinski definition) is 1. The number of aliphatic hydroxyl groups excluding tert-OH is 1. The van der Waals surface area contributed by atoms with Crippen LogP contribution in [-0.4, -0.2) is 50.3 Å². The van der Waals surface area contributed by atoms with Crippen molar-refractivity contribution in [2.45, 2.75) is 58.2 Å². The summed E-state index contributed by atoms with van der Waals surface area (Å²) in [6.07, 6.45) is 1.71. The van der Waals surface area contributed by atoms with Gasteiger partial charge in [-0.05, 0) is 29.9 Å². The highest BCUT2D eigenvalue weighted by Crippen LogP contribution is 2.65. The summed E-state index contributed by atoms with van der Waals surface area (Å²) in [5, 5.41) is 11.3. The Balaban J connectivity index is 1.48. The summed E-state index contributed by atoms with van der Waals surface area (Å²) in [5.74, 6) is -1.80. The normalized spacial score (nSPS) is 32.6. The van der Waals surface area contributed by atoms with Gasteiger partial charge in [0.1, 0.15) is 24.8 Å². The van der Waals surface area contributed by atoms with Crippen molar-refractivity contribution in [1.82, 2.24) is 0 Å². The highest BCUT2D eigenvalue weighted by molar-refractivity contribution is 5.96. The topological polar surface area (TPSA) is 114 Å². The first-order valence-electron chi connectivity index (χ1n) is 13.2. The number of methoxy groups -OCH3 is 2. The van der Waals surface area contributed by atoms with Crippen LogP contribution in [0.25, 0.3) is 0 Å². The summed E-state index contributed by atoms with van der Waals surface area (Å²) in [6.45, 7) is 4.11. The number of aliphatic hydroxyl groups is 1. The summed E-state index contributed by atoms with van der Waals surface area (Å²) in [4.78, 5) is 27.6. The molecule has 0 bridgehead atoms. The number of ether oxygens (including phenoxy) is 5. The number of esters is 1. The molecule has 0 radical (unpaired) electrons. The predicted molar refractivity (Wildman–Crippen MR) is 138 cm³/mol. The maximum atomic E-state index is 14.3. The van der Waals surface area contributed by atoms with Crippen LogP contribution in [0.4, 0.5) is 0 Å². The molecule has 2 aromatic rings. The fraction of sp³-hybridized carbons (Fsp3) is 0.533. The van der Waals surface area contributed by atoms with Gasteiger partial charge in [-0.1, -0.05) is 44.2 Å². The van der Waals surface area contributed by atoms with E-state index in [0.717, 1.165) is 5.56 Å². The lowest BCUT2D eigenvalue weighted by atomic mass is 9.45. The largest absolute Gasteiger partial charge is 0.512 e. The maximum Gasteiger partial charge on any atom is 0.338 e. The zero-order valence-electron chi connectivity index (χ0n) is 22.8. The second-order valence-corrected chi connectivity index (χ2v) is 11.2. The molecule has 5 rings (SSSR count). The number of carbonyl (C=O) groups is 2. The Labute approximate surface area is 228 Å². The van der Waals surface area contributed by atoms with E-state index >= 15 is 0 Å². The maximum absolute atomic E-state index is 14.3. The van der Waals surface area contributed by atoms with Crippen LogP contribution in [0.2, 0.25) is 0 Å². The number of Topliss-reactive ketones (excluding diaryl/α,β-unsaturated/α-hetero) is 1. The predicted octanol–water partition coefficient (Wildman–Crippen LogP) is 4.88. The van der Waals surface area contributed by atoms with E-state index in [2.05, 4.69) is 0 Å². The van der Waals surface area contributed by atoms with E-state index < -0.39 is 41.2 Å². The minimum atomic E-state index is -1.03. The number of allylic oxidation sites excluding steroid dienone is 1. The Kier molecular flexibility index (Phi) is 7.70. The zero-order chi connectivity index (χ0) is 27.8. The van der Waals surface area contributed by atoms with E-state index in [4.69, 9.17) is 28.1 Å². The smallest absolute Gasteiger partial charge is 0.338 e. The average Bonchev–Trinajstić information content (AvgIpc) is 3.44. The van der Waals surface area contributed by atoms with Crippen LogP contribution in [-0.2, 0) is 39.9 Å². The first-order valence-corrected chi connectivity index (χ1v) is 13.2. The minimum Gasteiger partial charge on any atom is -0.512 e. The Hall–Kier alpha value is -2.98. The van der Waals surface area contributed by atoms with Gasteiger partial charge in [-0.15, -0.1) is 0 Å². The van der Waals surface area contributed by atoms with E-state index in [1.807, 2.05) is 44.2 Å². The molecule has 9 nitrogen and oxygen atoms in total. The summed E-state index contributed by atoms with van der Waals surface area (Å²) < 4.78 is 34.2. The molecule has 2 aliphatic carbocycles. The molecule has 1 N–H and O–H groups in total. The van der Waals surface area contributed by atoms with Gasteiger partial charge < -0.3 is 33.2 Å². The molecule has 2 fully saturated rings. The first kappa shape index (κ1) is 27.6. The molecule has 0 unspecified atom stereocenters. The minimum absolute atomic E-state index is 0.0544. The van der Waals surface area contributed by atoms with Gasteiger partial charge in [-0.25, -0.2) is 4.79 Å². The van der Waals surface area contributed by atoms with E-state index in [1.54, 1.807) is 20.3 Å². The lowest BCUT2D eigenvalue weighted by Gasteiger charge is -2.59. The van der Waals surface area contributed by atoms with Crippen LogP contribution in [0, 0.1) is 22.7 Å². The van der Waals surface area contributed by atoms with Gasteiger partial charge in [-0.2, -0.15) is 0 Å². The van der Waals surface area contributed by atoms with E-state index in [1.165, 1.54) is 12.5 Å². The molecule has 39 heavy (non-hydrogen) atoms. The van der Waals surface area contributed by atoms with Crippen molar-refractivity contribution in [2.24, 2.45) is 22.7 Å². The number of cyclic esters (lactones) is 1. The first-order chi connectivity index (χ1) is 18.7. The number of hydrogen-bond acceptors (Lipinski definition) is 9. The standard InChI is InChI=1S/C30H36O9/c1-29-13-21(31)24-27(33)39-23(19-10-11-36-16-19)14-30(24,2)26(29)25(32)22(12-20(29)28(34-3)35-4)38-17-37-15-18-8-6-5-7-9-18/h5-11,16,20,22-23,26,28,31H,12-15,17H2,1-4H3/t20-,22-,23-,26-,29-,30-/m0/s1. The molecule has 6 atom stereocenters. The van der Waals surface area contributed by atoms with Crippen LogP contribution in [0.5, 0.6) is 0 Å². The van der Waals surface area contributed by atoms with E-state index in [9.17, 15) is 14.7 Å². The fourth-order valence-electron chi connectivity index (χ4n) is 7.23. The fourth-order valence-corrected chi connectivity index (χ4v) is 7.23. The molecule has 1 saturated heterocycles. The molecule has 1 aromatic carbocycles. The summed E-state index contributed by atoms with van der Waals surface area (Å²) in [5.41, 5.74) is 0.0479. The Morgan fingerprint density at radius 1 is 1.10 bits per heavy atom. The summed E-state index contributed by atoms with van der Waals surface area (Å²) in [6, 6.07) is 11.4. The van der Waals surface area contributed by atoms with Gasteiger partial charge in [0.25, 0.3) is 0 Å². The number of carbonyl (C=O) groups excluding carboxylic acids is 2. The van der Waals surface area contributed by atoms with Gasteiger partial charge >= 0.3 is 5.97 Å². The van der Waals surface area contributed by atoms with E-state index in [0.29, 0.717) is 25.0 Å². The van der Waals surface area contributed by atoms with Crippen LogP contribution < -0.4 is 0 Å². The van der Waals surface area contributed by atoms with Crippen molar-refractivity contribution in [3.63, 3.8) is 0 Å².